The Labute approximate surface area is 132 Å². The highest BCUT2D eigenvalue weighted by atomic mass is 79.9. The summed E-state index contributed by atoms with van der Waals surface area (Å²) in [6.45, 7) is 2.20. The van der Waals surface area contributed by atoms with Gasteiger partial charge >= 0.3 is 0 Å². The minimum atomic E-state index is 0.0131. The fourth-order valence-corrected chi connectivity index (χ4v) is 2.87. The number of anilines is 1. The van der Waals surface area contributed by atoms with E-state index < -0.39 is 0 Å². The topological polar surface area (TPSA) is 34.5 Å². The van der Waals surface area contributed by atoms with Crippen LogP contribution in [0, 0.1) is 0 Å². The smallest absolute Gasteiger partial charge is 0.251 e. The van der Waals surface area contributed by atoms with E-state index in [1.807, 2.05) is 31.3 Å². The van der Waals surface area contributed by atoms with E-state index in [-0.39, 0.29) is 11.7 Å². The molecule has 0 aliphatic carbocycles. The number of rotatable bonds is 2. The van der Waals surface area contributed by atoms with Crippen molar-refractivity contribution in [2.24, 2.45) is 7.05 Å². The molecule has 1 aliphatic rings. The highest BCUT2D eigenvalue weighted by Crippen LogP contribution is 2.26. The molecule has 1 fully saturated rings. The van der Waals surface area contributed by atoms with Crippen LogP contribution in [0.25, 0.3) is 0 Å². The van der Waals surface area contributed by atoms with Crippen LogP contribution in [-0.2, 0) is 11.8 Å². The Morgan fingerprint density at radius 2 is 1.95 bits per heavy atom. The summed E-state index contributed by atoms with van der Waals surface area (Å²) in [6, 6.07) is 13.6. The average molecular weight is 349 g/mol. The molecule has 0 N–H and O–H groups in total. The van der Waals surface area contributed by atoms with E-state index in [4.69, 9.17) is 4.74 Å². The normalized spacial score (nSPS) is 18.8. The number of halogens is 1. The maximum absolute atomic E-state index is 11.8. The van der Waals surface area contributed by atoms with Crippen LogP contribution >= 0.6 is 15.9 Å². The van der Waals surface area contributed by atoms with Crippen LogP contribution in [0.15, 0.2) is 51.7 Å². The zero-order valence-corrected chi connectivity index (χ0v) is 13.4. The van der Waals surface area contributed by atoms with Gasteiger partial charge in [0.2, 0.25) is 0 Å². The Hall–Kier alpha value is -1.59. The van der Waals surface area contributed by atoms with E-state index in [1.165, 1.54) is 0 Å². The molecule has 1 aromatic carbocycles. The molecule has 21 heavy (non-hydrogen) atoms. The summed E-state index contributed by atoms with van der Waals surface area (Å²) in [5.74, 6) is 0.938. The third-order valence-corrected chi connectivity index (χ3v) is 4.32. The van der Waals surface area contributed by atoms with E-state index in [2.05, 4.69) is 33.0 Å². The molecule has 1 aliphatic heterocycles. The van der Waals surface area contributed by atoms with Gasteiger partial charge in [0.05, 0.1) is 6.61 Å². The highest BCUT2D eigenvalue weighted by molar-refractivity contribution is 9.10. The Bertz CT molecular complexity index is 681. The first-order chi connectivity index (χ1) is 10.1. The number of morpholine rings is 1. The lowest BCUT2D eigenvalue weighted by molar-refractivity contribution is 0.0393. The Morgan fingerprint density at radius 3 is 2.71 bits per heavy atom. The van der Waals surface area contributed by atoms with Gasteiger partial charge in [0, 0.05) is 30.7 Å². The van der Waals surface area contributed by atoms with Gasteiger partial charge in [-0.25, -0.2) is 0 Å². The number of aromatic nitrogens is 1. The Kier molecular flexibility index (Phi) is 4.12. The Morgan fingerprint density at radius 1 is 1.19 bits per heavy atom. The van der Waals surface area contributed by atoms with Gasteiger partial charge in [-0.2, -0.15) is 0 Å². The summed E-state index contributed by atoms with van der Waals surface area (Å²) in [5, 5.41) is 0. The van der Waals surface area contributed by atoms with Gasteiger partial charge in [-0.1, -0.05) is 34.1 Å². The van der Waals surface area contributed by atoms with Crippen molar-refractivity contribution < 1.29 is 4.74 Å². The number of hydrogen-bond acceptors (Lipinski definition) is 3. The van der Waals surface area contributed by atoms with Crippen LogP contribution in [0.2, 0.25) is 0 Å². The summed E-state index contributed by atoms with van der Waals surface area (Å²) in [7, 11) is 1.81. The predicted molar refractivity (Wildman–Crippen MR) is 86.7 cm³/mol. The third-order valence-electron chi connectivity index (χ3n) is 3.79. The Balaban J connectivity index is 1.84. The lowest BCUT2D eigenvalue weighted by atomic mass is 10.1. The molecule has 0 unspecified atom stereocenters. The van der Waals surface area contributed by atoms with E-state index in [0.717, 1.165) is 28.9 Å². The summed E-state index contributed by atoms with van der Waals surface area (Å²) in [5.41, 5.74) is 1.17. The second-order valence-electron chi connectivity index (χ2n) is 5.14. The number of ether oxygens (including phenoxy) is 1. The molecule has 0 spiro atoms. The van der Waals surface area contributed by atoms with Crippen LogP contribution in [-0.4, -0.2) is 24.3 Å². The number of pyridine rings is 1. The SMILES string of the molecule is Cn1c(N2CCO[C@H](c3ccc(Br)cc3)C2)cccc1=O. The molecule has 110 valence electrons. The van der Waals surface area contributed by atoms with E-state index in [1.54, 1.807) is 10.6 Å². The molecule has 5 heteroatoms. The van der Waals surface area contributed by atoms with Gasteiger partial charge in [-0.15, -0.1) is 0 Å². The molecule has 0 saturated carbocycles. The molecular formula is C16H17BrN2O2. The largest absolute Gasteiger partial charge is 0.370 e. The molecule has 1 atom stereocenters. The van der Waals surface area contributed by atoms with Crippen molar-refractivity contribution in [2.45, 2.75) is 6.10 Å². The third kappa shape index (κ3) is 3.04. The van der Waals surface area contributed by atoms with E-state index >= 15 is 0 Å². The van der Waals surface area contributed by atoms with Crippen LogP contribution in [0.3, 0.4) is 0 Å². The number of benzene rings is 1. The van der Waals surface area contributed by atoms with Crippen LogP contribution in [0.4, 0.5) is 5.82 Å². The summed E-state index contributed by atoms with van der Waals surface area (Å²) >= 11 is 3.45. The van der Waals surface area contributed by atoms with Crippen LogP contribution in [0.5, 0.6) is 0 Å². The molecule has 4 nitrogen and oxygen atoms in total. The number of hydrogen-bond donors (Lipinski definition) is 0. The minimum Gasteiger partial charge on any atom is -0.370 e. The first-order valence-corrected chi connectivity index (χ1v) is 7.72. The van der Waals surface area contributed by atoms with Crippen LogP contribution in [0.1, 0.15) is 11.7 Å². The summed E-state index contributed by atoms with van der Waals surface area (Å²) < 4.78 is 8.63. The number of nitrogens with zero attached hydrogens (tertiary/aromatic N) is 2. The predicted octanol–water partition coefficient (Wildman–Crippen LogP) is 2.73. The standard InChI is InChI=1S/C16H17BrN2O2/c1-18-15(3-2-4-16(18)20)19-9-10-21-14(11-19)12-5-7-13(17)8-6-12/h2-8,14H,9-11H2,1H3/t14-/m0/s1. The van der Waals surface area contributed by atoms with Crippen molar-refractivity contribution in [2.75, 3.05) is 24.6 Å². The van der Waals surface area contributed by atoms with Crippen molar-refractivity contribution in [3.8, 4) is 0 Å². The summed E-state index contributed by atoms with van der Waals surface area (Å²) in [6.07, 6.45) is 0.0298. The van der Waals surface area contributed by atoms with Gasteiger partial charge in [0.15, 0.2) is 0 Å². The van der Waals surface area contributed by atoms with Crippen molar-refractivity contribution in [3.05, 3.63) is 62.9 Å². The molecule has 1 saturated heterocycles. The van der Waals surface area contributed by atoms with Crippen molar-refractivity contribution in [1.82, 2.24) is 4.57 Å². The quantitative estimate of drug-likeness (QED) is 0.836. The van der Waals surface area contributed by atoms with E-state index in [9.17, 15) is 4.79 Å². The summed E-state index contributed by atoms with van der Waals surface area (Å²) in [4.78, 5) is 14.0. The van der Waals surface area contributed by atoms with Crippen molar-refractivity contribution in [3.63, 3.8) is 0 Å². The maximum atomic E-state index is 11.8. The molecular weight excluding hydrogens is 332 g/mol. The lowest BCUT2D eigenvalue weighted by Crippen LogP contribution is -2.40. The first-order valence-electron chi connectivity index (χ1n) is 6.93. The second kappa shape index (κ2) is 6.03. The highest BCUT2D eigenvalue weighted by Gasteiger charge is 2.23. The zero-order chi connectivity index (χ0) is 14.8. The van der Waals surface area contributed by atoms with Gasteiger partial charge in [-0.3, -0.25) is 9.36 Å². The molecule has 2 aromatic rings. The first kappa shape index (κ1) is 14.4. The second-order valence-corrected chi connectivity index (χ2v) is 6.05. The molecule has 2 heterocycles. The van der Waals surface area contributed by atoms with Crippen molar-refractivity contribution in [1.29, 1.82) is 0 Å². The molecule has 0 amide bonds. The molecule has 0 bridgehead atoms. The fraction of sp³-hybridized carbons (Fsp3) is 0.312. The fourth-order valence-electron chi connectivity index (χ4n) is 2.61. The van der Waals surface area contributed by atoms with E-state index in [0.29, 0.717) is 6.61 Å². The molecule has 0 radical (unpaired) electrons. The van der Waals surface area contributed by atoms with Crippen molar-refractivity contribution >= 4 is 21.7 Å². The van der Waals surface area contributed by atoms with Gasteiger partial charge in [0.1, 0.15) is 11.9 Å². The maximum Gasteiger partial charge on any atom is 0.251 e. The van der Waals surface area contributed by atoms with Crippen LogP contribution < -0.4 is 10.5 Å². The van der Waals surface area contributed by atoms with Gasteiger partial charge in [0.25, 0.3) is 5.56 Å². The minimum absolute atomic E-state index is 0.0131. The molecule has 3 rings (SSSR count). The average Bonchev–Trinajstić information content (AvgIpc) is 2.51. The lowest BCUT2D eigenvalue weighted by Gasteiger charge is -2.35. The monoisotopic (exact) mass is 348 g/mol. The van der Waals surface area contributed by atoms with Gasteiger partial charge < -0.3 is 9.64 Å². The zero-order valence-electron chi connectivity index (χ0n) is 11.8. The van der Waals surface area contributed by atoms with Gasteiger partial charge in [-0.05, 0) is 23.8 Å². The molecule has 1 aromatic heterocycles.